The molecule has 13 nitrogen and oxygen atoms in total. The fourth-order valence-electron chi connectivity index (χ4n) is 5.27. The molecular formula is C29H38N6O7. The molecule has 13 heteroatoms. The summed E-state index contributed by atoms with van der Waals surface area (Å²) in [6, 6.07) is 8.18. The quantitative estimate of drug-likeness (QED) is 0.201. The molecule has 0 atom stereocenters. The molecule has 1 aromatic heterocycles. The van der Waals surface area contributed by atoms with Crippen molar-refractivity contribution in [2.45, 2.75) is 26.2 Å². The van der Waals surface area contributed by atoms with Crippen molar-refractivity contribution in [3.05, 3.63) is 51.6 Å². The van der Waals surface area contributed by atoms with E-state index < -0.39 is 10.8 Å². The van der Waals surface area contributed by atoms with Gasteiger partial charge in [0.05, 0.1) is 37.9 Å². The van der Waals surface area contributed by atoms with Gasteiger partial charge in [-0.05, 0) is 49.8 Å². The molecule has 0 bridgehead atoms. The summed E-state index contributed by atoms with van der Waals surface area (Å²) >= 11 is 0. The predicted molar refractivity (Wildman–Crippen MR) is 159 cm³/mol. The third kappa shape index (κ3) is 6.97. The van der Waals surface area contributed by atoms with Gasteiger partial charge in [0.1, 0.15) is 11.4 Å². The van der Waals surface area contributed by atoms with Crippen LogP contribution in [0.1, 0.15) is 35.2 Å². The Labute approximate surface area is 244 Å². The second-order valence-electron chi connectivity index (χ2n) is 10.3. The number of piperidine rings is 1. The van der Waals surface area contributed by atoms with Crippen molar-refractivity contribution in [2.24, 2.45) is 5.92 Å². The number of aliphatic hydroxyl groups is 2. The number of benzene rings is 2. The maximum absolute atomic E-state index is 12.7. The molecule has 0 spiro atoms. The highest BCUT2D eigenvalue weighted by Crippen LogP contribution is 2.37. The topological polar surface area (TPSA) is 163 Å². The number of nitro groups is 1. The molecule has 3 N–H and O–H groups in total. The number of nitro benzene ring substituents is 1. The molecule has 1 amide bonds. The monoisotopic (exact) mass is 582 g/mol. The zero-order valence-corrected chi connectivity index (χ0v) is 24.2. The van der Waals surface area contributed by atoms with Crippen LogP contribution in [0.5, 0.6) is 11.5 Å². The Balaban J connectivity index is 1.48. The van der Waals surface area contributed by atoms with E-state index in [2.05, 4.69) is 10.2 Å². The Bertz CT molecular complexity index is 1400. The van der Waals surface area contributed by atoms with Crippen LogP contribution in [0.4, 0.5) is 17.5 Å². The number of anilines is 2. The predicted octanol–water partition coefficient (Wildman–Crippen LogP) is 2.69. The molecule has 4 rings (SSSR count). The van der Waals surface area contributed by atoms with Crippen LogP contribution in [-0.2, 0) is 0 Å². The van der Waals surface area contributed by atoms with Crippen LogP contribution < -0.4 is 24.6 Å². The SMILES string of the molecule is COc1cc2nc(N(CCO)CCO)nc(N3CCC(CCNC(=O)c4cc(C)ccc4[N+](=O)[O-])CC3)c2cc1OC. The number of hydrogen-bond acceptors (Lipinski definition) is 11. The molecule has 1 saturated heterocycles. The van der Waals surface area contributed by atoms with Gasteiger partial charge in [-0.25, -0.2) is 4.98 Å². The first-order valence-electron chi connectivity index (χ1n) is 14.0. The second-order valence-corrected chi connectivity index (χ2v) is 10.3. The third-order valence-electron chi connectivity index (χ3n) is 7.54. The van der Waals surface area contributed by atoms with Crippen LogP contribution in [-0.4, -0.2) is 91.2 Å². The van der Waals surface area contributed by atoms with Crippen molar-refractivity contribution in [1.29, 1.82) is 0 Å². The molecule has 0 saturated carbocycles. The summed E-state index contributed by atoms with van der Waals surface area (Å²) in [7, 11) is 3.14. The number of fused-ring (bicyclic) bond motifs is 1. The zero-order valence-electron chi connectivity index (χ0n) is 24.2. The highest BCUT2D eigenvalue weighted by atomic mass is 16.6. The zero-order chi connectivity index (χ0) is 30.2. The Morgan fingerprint density at radius 3 is 2.38 bits per heavy atom. The van der Waals surface area contributed by atoms with Crippen LogP contribution in [0, 0.1) is 23.0 Å². The maximum Gasteiger partial charge on any atom is 0.282 e. The first kappa shape index (κ1) is 30.7. The minimum atomic E-state index is -0.537. The molecule has 0 radical (unpaired) electrons. The second kappa shape index (κ2) is 14.1. The summed E-state index contributed by atoms with van der Waals surface area (Å²) in [5.41, 5.74) is 1.31. The van der Waals surface area contributed by atoms with Gasteiger partial charge in [-0.3, -0.25) is 14.9 Å². The van der Waals surface area contributed by atoms with E-state index >= 15 is 0 Å². The van der Waals surface area contributed by atoms with Crippen LogP contribution >= 0.6 is 0 Å². The summed E-state index contributed by atoms with van der Waals surface area (Å²) in [5.74, 6) is 2.15. The van der Waals surface area contributed by atoms with Crippen molar-refractivity contribution in [3.8, 4) is 11.5 Å². The van der Waals surface area contributed by atoms with Crippen LogP contribution in [0.25, 0.3) is 10.9 Å². The summed E-state index contributed by atoms with van der Waals surface area (Å²) < 4.78 is 11.0. The third-order valence-corrected chi connectivity index (χ3v) is 7.54. The Kier molecular flexibility index (Phi) is 10.3. The maximum atomic E-state index is 12.7. The first-order valence-corrected chi connectivity index (χ1v) is 14.0. The normalized spacial score (nSPS) is 13.7. The number of nitrogens with one attached hydrogen (secondary N) is 1. The number of carbonyl (C=O) groups is 1. The number of amides is 1. The number of rotatable bonds is 13. The highest BCUT2D eigenvalue weighted by Gasteiger charge is 2.25. The molecule has 2 aromatic carbocycles. The molecule has 226 valence electrons. The summed E-state index contributed by atoms with van der Waals surface area (Å²) in [6.07, 6.45) is 2.48. The smallest absolute Gasteiger partial charge is 0.282 e. The number of aliphatic hydroxyl groups excluding tert-OH is 2. The van der Waals surface area contributed by atoms with Gasteiger partial charge in [0.2, 0.25) is 5.95 Å². The molecule has 1 aliphatic heterocycles. The fraction of sp³-hybridized carbons (Fsp3) is 0.483. The Morgan fingerprint density at radius 2 is 1.76 bits per heavy atom. The number of aryl methyl sites for hydroxylation is 1. The summed E-state index contributed by atoms with van der Waals surface area (Å²) in [5, 5.41) is 34.2. The molecule has 0 aliphatic carbocycles. The number of aromatic nitrogens is 2. The van der Waals surface area contributed by atoms with E-state index in [9.17, 15) is 25.1 Å². The first-order chi connectivity index (χ1) is 20.3. The lowest BCUT2D eigenvalue weighted by Gasteiger charge is -2.34. The molecule has 3 aromatic rings. The van der Waals surface area contributed by atoms with Gasteiger partial charge >= 0.3 is 0 Å². The van der Waals surface area contributed by atoms with Crippen molar-refractivity contribution >= 4 is 34.3 Å². The minimum absolute atomic E-state index is 0.0739. The van der Waals surface area contributed by atoms with Crippen LogP contribution in [0.3, 0.4) is 0 Å². The van der Waals surface area contributed by atoms with Gasteiger partial charge in [0.15, 0.2) is 11.5 Å². The van der Waals surface area contributed by atoms with E-state index in [1.807, 2.05) is 6.07 Å². The van der Waals surface area contributed by atoms with Gasteiger partial charge in [-0.2, -0.15) is 4.98 Å². The number of hydrogen-bond donors (Lipinski definition) is 3. The summed E-state index contributed by atoms with van der Waals surface area (Å²) in [6.45, 7) is 3.99. The van der Waals surface area contributed by atoms with E-state index in [-0.39, 0.29) is 37.6 Å². The molecule has 1 fully saturated rings. The number of methoxy groups -OCH3 is 2. The van der Waals surface area contributed by atoms with Gasteiger partial charge in [-0.1, -0.05) is 6.07 Å². The van der Waals surface area contributed by atoms with Gasteiger partial charge in [0, 0.05) is 50.2 Å². The van der Waals surface area contributed by atoms with E-state index in [0.29, 0.717) is 35.4 Å². The van der Waals surface area contributed by atoms with E-state index in [4.69, 9.17) is 19.4 Å². The molecule has 0 unspecified atom stereocenters. The number of nitrogens with zero attached hydrogens (tertiary/aromatic N) is 5. The van der Waals surface area contributed by atoms with Crippen molar-refractivity contribution in [1.82, 2.24) is 15.3 Å². The highest BCUT2D eigenvalue weighted by molar-refractivity contribution is 5.98. The summed E-state index contributed by atoms with van der Waals surface area (Å²) in [4.78, 5) is 37.1. The molecule has 1 aliphatic rings. The lowest BCUT2D eigenvalue weighted by Crippen LogP contribution is -2.37. The van der Waals surface area contributed by atoms with Gasteiger partial charge in [-0.15, -0.1) is 0 Å². The van der Waals surface area contributed by atoms with Crippen molar-refractivity contribution in [3.63, 3.8) is 0 Å². The standard InChI is InChI=1S/C29H38N6O7/c1-19-4-5-24(35(39)40)22(16-19)28(38)30-9-6-20-7-10-33(11-8-20)27-21-17-25(41-2)26(42-3)18-23(21)31-29(32-27)34(12-14-36)13-15-37/h4-5,16-18,20,36-37H,6-15H2,1-3H3,(H,30,38). The average Bonchev–Trinajstić information content (AvgIpc) is 2.99. The lowest BCUT2D eigenvalue weighted by atomic mass is 9.93. The van der Waals surface area contributed by atoms with Gasteiger partial charge < -0.3 is 34.8 Å². The minimum Gasteiger partial charge on any atom is -0.493 e. The van der Waals surface area contributed by atoms with Crippen LogP contribution in [0.15, 0.2) is 30.3 Å². The van der Waals surface area contributed by atoms with Gasteiger partial charge in [0.25, 0.3) is 11.6 Å². The molecule has 42 heavy (non-hydrogen) atoms. The van der Waals surface area contributed by atoms with Crippen molar-refractivity contribution in [2.75, 3.05) is 70.0 Å². The molecular weight excluding hydrogens is 544 g/mol. The van der Waals surface area contributed by atoms with Crippen LogP contribution in [0.2, 0.25) is 0 Å². The fourth-order valence-corrected chi connectivity index (χ4v) is 5.27. The number of ether oxygens (including phenoxy) is 2. The lowest BCUT2D eigenvalue weighted by molar-refractivity contribution is -0.385. The molecule has 2 heterocycles. The average molecular weight is 583 g/mol. The largest absolute Gasteiger partial charge is 0.493 e. The van der Waals surface area contributed by atoms with Crippen molar-refractivity contribution < 1.29 is 29.4 Å². The van der Waals surface area contributed by atoms with E-state index in [1.165, 1.54) is 6.07 Å². The Morgan fingerprint density at radius 1 is 1.10 bits per heavy atom. The van der Waals surface area contributed by atoms with E-state index in [1.54, 1.807) is 44.2 Å². The Hall–Kier alpha value is -4.23. The van der Waals surface area contributed by atoms with E-state index in [0.717, 1.165) is 49.1 Å². The number of carbonyl (C=O) groups excluding carboxylic acids is 1.